The van der Waals surface area contributed by atoms with Crippen molar-refractivity contribution in [2.75, 3.05) is 19.4 Å². The second-order valence-electron chi connectivity index (χ2n) is 4.38. The molecule has 1 aromatic rings. The molecule has 1 atom stereocenters. The fraction of sp³-hybridized carbons (Fsp3) is 0.571. The van der Waals surface area contributed by atoms with Gasteiger partial charge in [0.05, 0.1) is 7.11 Å². The molecule has 1 heterocycles. The third kappa shape index (κ3) is 2.96. The van der Waals surface area contributed by atoms with Gasteiger partial charge in [-0.2, -0.15) is 11.8 Å². The molecule has 2 rings (SSSR count). The summed E-state index contributed by atoms with van der Waals surface area (Å²) in [5, 5.41) is 3.65. The van der Waals surface area contributed by atoms with Crippen LogP contribution in [0.5, 0.6) is 5.75 Å². The molecule has 0 spiro atoms. The molecule has 1 aliphatic rings. The van der Waals surface area contributed by atoms with Crippen molar-refractivity contribution in [3.8, 4) is 5.75 Å². The van der Waals surface area contributed by atoms with Gasteiger partial charge in [0.2, 0.25) is 0 Å². The maximum atomic E-state index is 5.48. The molecule has 1 aromatic carbocycles. The Labute approximate surface area is 108 Å². The molecule has 0 bridgehead atoms. The van der Waals surface area contributed by atoms with Crippen LogP contribution < -0.4 is 10.1 Å². The van der Waals surface area contributed by atoms with Crippen LogP contribution in [0.1, 0.15) is 36.9 Å². The minimum Gasteiger partial charge on any atom is -0.496 e. The van der Waals surface area contributed by atoms with Crippen LogP contribution in [-0.4, -0.2) is 19.4 Å². The summed E-state index contributed by atoms with van der Waals surface area (Å²) in [4.78, 5) is 0. The lowest BCUT2D eigenvalue weighted by Crippen LogP contribution is -2.23. The van der Waals surface area contributed by atoms with Gasteiger partial charge in [0.25, 0.3) is 0 Å². The SMILES string of the molecule is CCCNC1CCSCc2c(OC)cccc21. The smallest absolute Gasteiger partial charge is 0.123 e. The van der Waals surface area contributed by atoms with E-state index in [1.807, 2.05) is 11.8 Å². The highest BCUT2D eigenvalue weighted by Crippen LogP contribution is 2.35. The molecule has 1 N–H and O–H groups in total. The molecule has 0 radical (unpaired) electrons. The van der Waals surface area contributed by atoms with Crippen LogP contribution in [0.4, 0.5) is 0 Å². The zero-order valence-electron chi connectivity index (χ0n) is 10.7. The number of hydrogen-bond donors (Lipinski definition) is 1. The predicted octanol–water partition coefficient (Wildman–Crippen LogP) is 3.37. The molecule has 1 aliphatic heterocycles. The molecule has 0 saturated heterocycles. The van der Waals surface area contributed by atoms with E-state index in [2.05, 4.69) is 30.4 Å². The standard InChI is InChI=1S/C14H21NOS/c1-3-8-15-13-7-9-17-10-12-11(13)5-4-6-14(12)16-2/h4-6,13,15H,3,7-10H2,1-2H3. The number of fused-ring (bicyclic) bond motifs is 1. The predicted molar refractivity (Wildman–Crippen MR) is 74.8 cm³/mol. The lowest BCUT2D eigenvalue weighted by molar-refractivity contribution is 0.409. The zero-order chi connectivity index (χ0) is 12.1. The van der Waals surface area contributed by atoms with Crippen molar-refractivity contribution < 1.29 is 4.74 Å². The molecule has 0 aliphatic carbocycles. The van der Waals surface area contributed by atoms with Crippen LogP contribution in [0.15, 0.2) is 18.2 Å². The quantitative estimate of drug-likeness (QED) is 0.886. The fourth-order valence-electron chi connectivity index (χ4n) is 2.32. The lowest BCUT2D eigenvalue weighted by atomic mass is 9.98. The fourth-order valence-corrected chi connectivity index (χ4v) is 3.38. The van der Waals surface area contributed by atoms with Crippen LogP contribution in [0.3, 0.4) is 0 Å². The van der Waals surface area contributed by atoms with Crippen molar-refractivity contribution in [2.24, 2.45) is 0 Å². The van der Waals surface area contributed by atoms with Crippen molar-refractivity contribution in [1.82, 2.24) is 5.32 Å². The van der Waals surface area contributed by atoms with E-state index >= 15 is 0 Å². The van der Waals surface area contributed by atoms with E-state index in [0.29, 0.717) is 6.04 Å². The first-order valence-electron chi connectivity index (χ1n) is 6.33. The van der Waals surface area contributed by atoms with Crippen LogP contribution in [0, 0.1) is 0 Å². The molecule has 0 aromatic heterocycles. The summed E-state index contributed by atoms with van der Waals surface area (Å²) in [6, 6.07) is 6.92. The first-order valence-corrected chi connectivity index (χ1v) is 7.49. The number of nitrogens with one attached hydrogen (secondary N) is 1. The van der Waals surface area contributed by atoms with Crippen LogP contribution in [-0.2, 0) is 5.75 Å². The second-order valence-corrected chi connectivity index (χ2v) is 5.48. The number of hydrogen-bond acceptors (Lipinski definition) is 3. The Bertz CT molecular complexity index is 367. The Morgan fingerprint density at radius 2 is 2.35 bits per heavy atom. The highest BCUT2D eigenvalue weighted by Gasteiger charge is 2.20. The maximum Gasteiger partial charge on any atom is 0.123 e. The molecule has 3 heteroatoms. The van der Waals surface area contributed by atoms with Crippen molar-refractivity contribution in [2.45, 2.75) is 31.6 Å². The van der Waals surface area contributed by atoms with Crippen molar-refractivity contribution in [1.29, 1.82) is 0 Å². The third-order valence-corrected chi connectivity index (χ3v) is 4.22. The van der Waals surface area contributed by atoms with Crippen LogP contribution in [0.25, 0.3) is 0 Å². The Kier molecular flexibility index (Phi) is 4.75. The first kappa shape index (κ1) is 12.8. The van der Waals surface area contributed by atoms with E-state index in [0.717, 1.165) is 18.0 Å². The molecule has 0 fully saturated rings. The number of rotatable bonds is 4. The number of ether oxygens (including phenoxy) is 1. The average molecular weight is 251 g/mol. The average Bonchev–Trinajstić information content (AvgIpc) is 2.58. The monoisotopic (exact) mass is 251 g/mol. The van der Waals surface area contributed by atoms with Gasteiger partial charge in [0, 0.05) is 17.4 Å². The van der Waals surface area contributed by atoms with Gasteiger partial charge in [-0.1, -0.05) is 19.1 Å². The first-order chi connectivity index (χ1) is 8.36. The molecule has 94 valence electrons. The largest absolute Gasteiger partial charge is 0.496 e. The lowest BCUT2D eigenvalue weighted by Gasteiger charge is -2.20. The number of thioether (sulfide) groups is 1. The summed E-state index contributed by atoms with van der Waals surface area (Å²) in [6.45, 7) is 3.30. The van der Waals surface area contributed by atoms with Gasteiger partial charge in [0.1, 0.15) is 5.75 Å². The summed E-state index contributed by atoms with van der Waals surface area (Å²) < 4.78 is 5.48. The minimum atomic E-state index is 0.495. The van der Waals surface area contributed by atoms with Gasteiger partial charge in [-0.25, -0.2) is 0 Å². The van der Waals surface area contributed by atoms with Gasteiger partial charge in [0.15, 0.2) is 0 Å². The van der Waals surface area contributed by atoms with E-state index in [4.69, 9.17) is 4.74 Å². The molecular weight excluding hydrogens is 230 g/mol. The highest BCUT2D eigenvalue weighted by atomic mass is 32.2. The van der Waals surface area contributed by atoms with E-state index < -0.39 is 0 Å². The van der Waals surface area contributed by atoms with Gasteiger partial charge >= 0.3 is 0 Å². The zero-order valence-corrected chi connectivity index (χ0v) is 11.5. The summed E-state index contributed by atoms with van der Waals surface area (Å²) in [5.74, 6) is 3.34. The van der Waals surface area contributed by atoms with Crippen molar-refractivity contribution >= 4 is 11.8 Å². The number of methoxy groups -OCH3 is 1. The van der Waals surface area contributed by atoms with E-state index in [-0.39, 0.29) is 0 Å². The third-order valence-electron chi connectivity index (χ3n) is 3.20. The summed E-state index contributed by atoms with van der Waals surface area (Å²) >= 11 is 2.01. The van der Waals surface area contributed by atoms with Gasteiger partial charge < -0.3 is 10.1 Å². The summed E-state index contributed by atoms with van der Waals surface area (Å²) in [7, 11) is 1.76. The second kappa shape index (κ2) is 6.31. The Morgan fingerprint density at radius 3 is 3.12 bits per heavy atom. The molecule has 2 nitrogen and oxygen atoms in total. The normalized spacial score (nSPS) is 19.5. The van der Waals surface area contributed by atoms with Crippen LogP contribution in [0.2, 0.25) is 0 Å². The molecule has 0 amide bonds. The van der Waals surface area contributed by atoms with E-state index in [9.17, 15) is 0 Å². The topological polar surface area (TPSA) is 21.3 Å². The molecule has 17 heavy (non-hydrogen) atoms. The van der Waals surface area contributed by atoms with E-state index in [1.54, 1.807) is 7.11 Å². The maximum absolute atomic E-state index is 5.48. The minimum absolute atomic E-state index is 0.495. The van der Waals surface area contributed by atoms with Crippen molar-refractivity contribution in [3.05, 3.63) is 29.3 Å². The summed E-state index contributed by atoms with van der Waals surface area (Å²) in [6.07, 6.45) is 2.40. The van der Waals surface area contributed by atoms with E-state index in [1.165, 1.54) is 29.7 Å². The molecular formula is C14H21NOS. The highest BCUT2D eigenvalue weighted by molar-refractivity contribution is 7.98. The molecule has 1 unspecified atom stereocenters. The Hall–Kier alpha value is -0.670. The van der Waals surface area contributed by atoms with Crippen LogP contribution >= 0.6 is 11.8 Å². The van der Waals surface area contributed by atoms with Gasteiger partial charge in [-0.3, -0.25) is 0 Å². The van der Waals surface area contributed by atoms with Gasteiger partial charge in [-0.05, 0) is 36.8 Å². The Morgan fingerprint density at radius 1 is 1.47 bits per heavy atom. The Balaban J connectivity index is 2.28. The summed E-state index contributed by atoms with van der Waals surface area (Å²) in [5.41, 5.74) is 2.81. The van der Waals surface area contributed by atoms with Crippen molar-refractivity contribution in [3.63, 3.8) is 0 Å². The molecule has 0 saturated carbocycles. The van der Waals surface area contributed by atoms with Gasteiger partial charge in [-0.15, -0.1) is 0 Å². The number of benzene rings is 1.